The van der Waals surface area contributed by atoms with Crippen molar-refractivity contribution in [3.05, 3.63) is 23.4 Å². The number of nitrogen functional groups attached to an aromatic ring is 1. The molecule has 1 amide bonds. The maximum atomic E-state index is 11.0. The molecule has 6 nitrogen and oxygen atoms in total. The first-order valence-electron chi connectivity index (χ1n) is 3.70. The maximum Gasteiger partial charge on any atom is 0.323 e. The van der Waals surface area contributed by atoms with Crippen LogP contribution in [0, 0.1) is 0 Å². The van der Waals surface area contributed by atoms with E-state index in [2.05, 4.69) is 10.1 Å². The highest BCUT2D eigenvalue weighted by molar-refractivity contribution is 7.13. The molecule has 0 atom stereocenters. The lowest BCUT2D eigenvalue weighted by molar-refractivity contribution is 0.0910. The molecule has 0 saturated heterocycles. The number of nitrogens with one attached hydrogen (secondary N) is 1. The van der Waals surface area contributed by atoms with E-state index in [1.165, 1.54) is 11.3 Å². The van der Waals surface area contributed by atoms with Crippen LogP contribution in [0.3, 0.4) is 0 Å². The number of hydrogen-bond donors (Lipinski definition) is 2. The second-order valence-electron chi connectivity index (χ2n) is 2.37. The van der Waals surface area contributed by atoms with Gasteiger partial charge in [0.1, 0.15) is 0 Å². The van der Waals surface area contributed by atoms with E-state index in [1.807, 2.05) is 22.9 Å². The summed E-state index contributed by atoms with van der Waals surface area (Å²) in [6.07, 6.45) is 0. The minimum absolute atomic E-state index is 0.143. The summed E-state index contributed by atoms with van der Waals surface area (Å²) in [5.74, 6) is 4.56. The fourth-order valence-corrected chi connectivity index (χ4v) is 1.53. The zero-order valence-electron chi connectivity index (χ0n) is 6.93. The van der Waals surface area contributed by atoms with Crippen LogP contribution >= 0.6 is 11.3 Å². The van der Waals surface area contributed by atoms with Crippen LogP contribution in [0.1, 0.15) is 10.7 Å². The number of aromatic nitrogens is 2. The van der Waals surface area contributed by atoms with E-state index >= 15 is 0 Å². The van der Waals surface area contributed by atoms with Gasteiger partial charge in [0.05, 0.1) is 4.88 Å². The molecule has 0 radical (unpaired) electrons. The highest BCUT2D eigenvalue weighted by atomic mass is 32.1. The monoisotopic (exact) mass is 210 g/mol. The van der Waals surface area contributed by atoms with E-state index in [4.69, 9.17) is 10.4 Å². The van der Waals surface area contributed by atoms with Gasteiger partial charge in [-0.2, -0.15) is 4.98 Å². The fraction of sp³-hybridized carbons (Fsp3) is 0. The van der Waals surface area contributed by atoms with Gasteiger partial charge in [-0.05, 0) is 11.4 Å². The van der Waals surface area contributed by atoms with E-state index in [0.717, 1.165) is 4.88 Å². The highest BCUT2D eigenvalue weighted by Crippen LogP contribution is 2.20. The predicted molar refractivity (Wildman–Crippen MR) is 49.3 cm³/mol. The SMILES string of the molecule is NNC(=O)c1nc(-c2cccs2)no1. The molecule has 0 aromatic carbocycles. The van der Waals surface area contributed by atoms with E-state index in [0.29, 0.717) is 5.82 Å². The first kappa shape index (κ1) is 8.85. The van der Waals surface area contributed by atoms with Gasteiger partial charge >= 0.3 is 11.8 Å². The van der Waals surface area contributed by atoms with E-state index in [1.54, 1.807) is 0 Å². The topological polar surface area (TPSA) is 94.0 Å². The summed E-state index contributed by atoms with van der Waals surface area (Å²) in [5.41, 5.74) is 1.91. The normalized spacial score (nSPS) is 10.1. The summed E-state index contributed by atoms with van der Waals surface area (Å²) in [4.78, 5) is 15.7. The Bertz CT molecular complexity index is 436. The molecule has 0 aliphatic heterocycles. The summed E-state index contributed by atoms with van der Waals surface area (Å²) in [5, 5.41) is 5.52. The molecule has 0 saturated carbocycles. The van der Waals surface area contributed by atoms with Crippen LogP contribution in [0.4, 0.5) is 0 Å². The third-order valence-corrected chi connectivity index (χ3v) is 2.36. The molecular formula is C7H6N4O2S. The van der Waals surface area contributed by atoms with Gasteiger partial charge in [0.25, 0.3) is 0 Å². The maximum absolute atomic E-state index is 11.0. The van der Waals surface area contributed by atoms with Crippen molar-refractivity contribution in [2.45, 2.75) is 0 Å². The Hall–Kier alpha value is -1.73. The molecule has 0 spiro atoms. The molecule has 2 rings (SSSR count). The lowest BCUT2D eigenvalue weighted by Crippen LogP contribution is -2.30. The van der Waals surface area contributed by atoms with Crippen molar-refractivity contribution in [2.75, 3.05) is 0 Å². The number of amides is 1. The zero-order valence-corrected chi connectivity index (χ0v) is 7.75. The number of nitrogens with two attached hydrogens (primary N) is 1. The zero-order chi connectivity index (χ0) is 9.97. The number of carbonyl (C=O) groups excluding carboxylic acids is 1. The van der Waals surface area contributed by atoms with Crippen molar-refractivity contribution in [3.8, 4) is 10.7 Å². The van der Waals surface area contributed by atoms with Crippen molar-refractivity contribution >= 4 is 17.2 Å². The van der Waals surface area contributed by atoms with Crippen LogP contribution in [0.5, 0.6) is 0 Å². The minimum atomic E-state index is -0.597. The number of hydrazine groups is 1. The van der Waals surface area contributed by atoms with Crippen molar-refractivity contribution < 1.29 is 9.32 Å². The minimum Gasteiger partial charge on any atom is -0.328 e. The van der Waals surface area contributed by atoms with Crippen LogP contribution < -0.4 is 11.3 Å². The number of thiophene rings is 1. The van der Waals surface area contributed by atoms with Gasteiger partial charge < -0.3 is 4.52 Å². The van der Waals surface area contributed by atoms with Crippen LogP contribution in [-0.2, 0) is 0 Å². The quantitative estimate of drug-likeness (QED) is 0.425. The van der Waals surface area contributed by atoms with Crippen LogP contribution in [0.25, 0.3) is 10.7 Å². The molecule has 2 aromatic rings. The van der Waals surface area contributed by atoms with Crippen molar-refractivity contribution in [3.63, 3.8) is 0 Å². The van der Waals surface area contributed by atoms with Crippen LogP contribution in [-0.4, -0.2) is 16.0 Å². The van der Waals surface area contributed by atoms with Gasteiger partial charge in [0, 0.05) is 0 Å². The predicted octanol–water partition coefficient (Wildman–Crippen LogP) is 0.402. The van der Waals surface area contributed by atoms with E-state index in [-0.39, 0.29) is 5.89 Å². The molecule has 0 aliphatic carbocycles. The van der Waals surface area contributed by atoms with Crippen LogP contribution in [0.15, 0.2) is 22.0 Å². The molecule has 0 aliphatic rings. The lowest BCUT2D eigenvalue weighted by atomic mass is 10.4. The number of hydrogen-bond acceptors (Lipinski definition) is 6. The van der Waals surface area contributed by atoms with Gasteiger partial charge in [-0.3, -0.25) is 10.2 Å². The van der Waals surface area contributed by atoms with Gasteiger partial charge in [0.2, 0.25) is 5.82 Å². The summed E-state index contributed by atoms with van der Waals surface area (Å²) in [7, 11) is 0. The molecule has 14 heavy (non-hydrogen) atoms. The molecule has 72 valence electrons. The molecule has 2 heterocycles. The number of rotatable bonds is 2. The van der Waals surface area contributed by atoms with Crippen molar-refractivity contribution in [2.24, 2.45) is 5.84 Å². The second kappa shape index (κ2) is 3.56. The largest absolute Gasteiger partial charge is 0.328 e. The summed E-state index contributed by atoms with van der Waals surface area (Å²) in [6.45, 7) is 0. The third kappa shape index (κ3) is 1.50. The fourth-order valence-electron chi connectivity index (χ4n) is 0.883. The first-order valence-corrected chi connectivity index (χ1v) is 4.58. The Morgan fingerprint density at radius 3 is 3.14 bits per heavy atom. The van der Waals surface area contributed by atoms with Crippen LogP contribution in [0.2, 0.25) is 0 Å². The molecule has 0 bridgehead atoms. The Labute approximate surface area is 82.7 Å². The molecule has 2 aromatic heterocycles. The summed E-state index contributed by atoms with van der Waals surface area (Å²) < 4.78 is 4.69. The second-order valence-corrected chi connectivity index (χ2v) is 3.32. The number of carbonyl (C=O) groups is 1. The van der Waals surface area contributed by atoms with Gasteiger partial charge in [-0.25, -0.2) is 5.84 Å². The standard InChI is InChI=1S/C7H6N4O2S/c8-10-6(12)7-9-5(11-13-7)4-2-1-3-14-4/h1-3H,8H2,(H,10,12). The smallest absolute Gasteiger partial charge is 0.323 e. The Balaban J connectivity index is 2.31. The van der Waals surface area contributed by atoms with E-state index in [9.17, 15) is 4.79 Å². The summed E-state index contributed by atoms with van der Waals surface area (Å²) >= 11 is 1.46. The molecule has 3 N–H and O–H groups in total. The molecule has 7 heteroatoms. The van der Waals surface area contributed by atoms with Gasteiger partial charge in [-0.1, -0.05) is 11.2 Å². The molecular weight excluding hydrogens is 204 g/mol. The van der Waals surface area contributed by atoms with Gasteiger partial charge in [-0.15, -0.1) is 11.3 Å². The average molecular weight is 210 g/mol. The first-order chi connectivity index (χ1) is 6.81. The Morgan fingerprint density at radius 2 is 2.50 bits per heavy atom. The third-order valence-electron chi connectivity index (χ3n) is 1.49. The van der Waals surface area contributed by atoms with Gasteiger partial charge in [0.15, 0.2) is 0 Å². The Kier molecular flexibility index (Phi) is 2.25. The Morgan fingerprint density at radius 1 is 1.64 bits per heavy atom. The summed E-state index contributed by atoms with van der Waals surface area (Å²) in [6, 6.07) is 3.69. The average Bonchev–Trinajstić information content (AvgIpc) is 2.86. The molecule has 0 unspecified atom stereocenters. The van der Waals surface area contributed by atoms with Crippen molar-refractivity contribution in [1.29, 1.82) is 0 Å². The highest BCUT2D eigenvalue weighted by Gasteiger charge is 2.14. The van der Waals surface area contributed by atoms with Crippen molar-refractivity contribution in [1.82, 2.24) is 15.6 Å². The number of nitrogens with zero attached hydrogens (tertiary/aromatic N) is 2. The van der Waals surface area contributed by atoms with E-state index < -0.39 is 5.91 Å². The lowest BCUT2D eigenvalue weighted by Gasteiger charge is -1.87. The molecule has 0 fully saturated rings.